The maximum atomic E-state index is 12.5. The molecule has 2 aromatic rings. The van der Waals surface area contributed by atoms with Crippen LogP contribution in [0.3, 0.4) is 0 Å². The van der Waals surface area contributed by atoms with Crippen LogP contribution in [0, 0.1) is 6.92 Å². The van der Waals surface area contributed by atoms with Gasteiger partial charge in [-0.3, -0.25) is 9.36 Å². The fourth-order valence-electron chi connectivity index (χ4n) is 2.79. The highest BCUT2D eigenvalue weighted by Gasteiger charge is 2.19. The molecule has 1 aliphatic rings. The molecule has 5 nitrogen and oxygen atoms in total. The molecule has 1 amide bonds. The third-order valence-electron chi connectivity index (χ3n) is 4.01. The molecule has 1 fully saturated rings. The van der Waals surface area contributed by atoms with Crippen LogP contribution in [0.15, 0.2) is 30.9 Å². The number of pyridine rings is 1. The predicted octanol–water partition coefficient (Wildman–Crippen LogP) is 3.77. The van der Waals surface area contributed by atoms with Crippen LogP contribution in [0.1, 0.15) is 49.6 Å². The zero-order chi connectivity index (χ0) is 17.4. The number of hydrogen-bond donors (Lipinski definition) is 1. The molecule has 3 rings (SSSR count). The van der Waals surface area contributed by atoms with Crippen LogP contribution in [0.5, 0.6) is 0 Å². The lowest BCUT2D eigenvalue weighted by molar-refractivity contribution is 0.0922. The van der Waals surface area contributed by atoms with Gasteiger partial charge in [-0.25, -0.2) is 18.7 Å². The Bertz CT molecular complexity index is 646. The lowest BCUT2D eigenvalue weighted by Gasteiger charge is -2.23. The highest BCUT2D eigenvalue weighted by Crippen LogP contribution is 2.18. The van der Waals surface area contributed by atoms with E-state index in [-0.39, 0.29) is 7.33 Å². The van der Waals surface area contributed by atoms with E-state index in [1.165, 1.54) is 19.3 Å². The van der Waals surface area contributed by atoms with Crippen LogP contribution in [0.4, 0.5) is 8.78 Å². The minimum absolute atomic E-state index is 0. The van der Waals surface area contributed by atoms with Gasteiger partial charge >= 0.3 is 0 Å². The Morgan fingerprint density at radius 3 is 2.67 bits per heavy atom. The highest BCUT2D eigenvalue weighted by atomic mass is 19.3. The Labute approximate surface area is 141 Å². The van der Waals surface area contributed by atoms with Crippen LogP contribution in [0.2, 0.25) is 0 Å². The van der Waals surface area contributed by atoms with Crippen molar-refractivity contribution in [1.29, 1.82) is 0 Å². The van der Waals surface area contributed by atoms with Crippen molar-refractivity contribution in [2.45, 2.75) is 45.1 Å². The van der Waals surface area contributed by atoms with E-state index in [0.29, 0.717) is 17.6 Å². The number of hydrogen-bond acceptors (Lipinski definition) is 3. The Morgan fingerprint density at radius 1 is 1.33 bits per heavy atom. The van der Waals surface area contributed by atoms with Gasteiger partial charge in [-0.05, 0) is 31.4 Å². The van der Waals surface area contributed by atoms with Crippen molar-refractivity contribution in [2.75, 3.05) is 6.93 Å². The minimum Gasteiger partial charge on any atom is -0.348 e. The van der Waals surface area contributed by atoms with Gasteiger partial charge in [0.05, 0.1) is 0 Å². The van der Waals surface area contributed by atoms with Gasteiger partial charge < -0.3 is 5.32 Å². The molecule has 1 N–H and O–H groups in total. The summed E-state index contributed by atoms with van der Waals surface area (Å²) in [5, 5.41) is 3.12. The van der Waals surface area contributed by atoms with Crippen molar-refractivity contribution in [3.8, 4) is 5.82 Å². The highest BCUT2D eigenvalue weighted by molar-refractivity contribution is 5.94. The van der Waals surface area contributed by atoms with Crippen molar-refractivity contribution >= 4 is 5.91 Å². The molecular formula is C17H24F2N4O. The first kappa shape index (κ1) is 18.0. The first-order chi connectivity index (χ1) is 11.7. The summed E-state index contributed by atoms with van der Waals surface area (Å²) in [6.07, 6.45) is 11.0. The van der Waals surface area contributed by atoms with E-state index in [4.69, 9.17) is 0 Å². The third-order valence-corrected chi connectivity index (χ3v) is 4.01. The van der Waals surface area contributed by atoms with Crippen molar-refractivity contribution < 1.29 is 15.0 Å². The number of aromatic nitrogens is 3. The molecule has 0 spiro atoms. The van der Waals surface area contributed by atoms with Gasteiger partial charge in [0.2, 0.25) is 6.93 Å². The summed E-state index contributed by atoms with van der Waals surface area (Å²) >= 11 is 0. The van der Waals surface area contributed by atoms with E-state index in [9.17, 15) is 13.6 Å². The molecule has 1 saturated carbocycles. The van der Waals surface area contributed by atoms with Crippen molar-refractivity contribution in [3.05, 3.63) is 42.1 Å². The number of nitrogens with one attached hydrogen (secondary N) is 1. The maximum Gasteiger partial charge on any atom is 0.270 e. The molecule has 1 aliphatic carbocycles. The summed E-state index contributed by atoms with van der Waals surface area (Å²) in [6, 6.07) is 4.12. The molecule has 2 heterocycles. The van der Waals surface area contributed by atoms with Gasteiger partial charge in [0.25, 0.3) is 5.91 Å². The number of amides is 1. The largest absolute Gasteiger partial charge is 0.348 e. The number of rotatable bonds is 3. The molecule has 0 atom stereocenters. The zero-order valence-corrected chi connectivity index (χ0v) is 13.7. The SMILES string of the molecule is Cc1ccc(-n2ccnc2)nc1C(=O)NC1CCCCC1.FCF.[HH]. The number of aryl methyl sites for hydroxylation is 1. The monoisotopic (exact) mass is 338 g/mol. The molecule has 132 valence electrons. The second-order valence-corrected chi connectivity index (χ2v) is 5.71. The van der Waals surface area contributed by atoms with E-state index >= 15 is 0 Å². The maximum absolute atomic E-state index is 12.5. The lowest BCUT2D eigenvalue weighted by atomic mass is 9.95. The topological polar surface area (TPSA) is 59.8 Å². The molecule has 0 aliphatic heterocycles. The van der Waals surface area contributed by atoms with Crippen LogP contribution in [-0.4, -0.2) is 33.4 Å². The van der Waals surface area contributed by atoms with E-state index in [2.05, 4.69) is 15.3 Å². The van der Waals surface area contributed by atoms with Gasteiger partial charge in [-0.1, -0.05) is 25.3 Å². The van der Waals surface area contributed by atoms with Crippen LogP contribution >= 0.6 is 0 Å². The van der Waals surface area contributed by atoms with Crippen LogP contribution in [0.25, 0.3) is 5.82 Å². The van der Waals surface area contributed by atoms with Crippen molar-refractivity contribution in [2.24, 2.45) is 0 Å². The standard InChI is InChI=1S/C16H20N4O.CH2F2.H2/c1-12-7-8-14(20-10-9-17-11-20)19-15(12)16(21)18-13-5-3-2-4-6-13;2-1-3;/h7-11,13H,2-6H2,1H3,(H,18,21);1H2;1H. The van der Waals surface area contributed by atoms with Gasteiger partial charge in [0.15, 0.2) is 0 Å². The second-order valence-electron chi connectivity index (χ2n) is 5.71. The Kier molecular flexibility index (Phi) is 6.84. The molecule has 7 heteroatoms. The molecule has 0 radical (unpaired) electrons. The predicted molar refractivity (Wildman–Crippen MR) is 89.6 cm³/mol. The Hall–Kier alpha value is -2.31. The van der Waals surface area contributed by atoms with Gasteiger partial charge in [-0.15, -0.1) is 0 Å². The van der Waals surface area contributed by atoms with Crippen LogP contribution in [-0.2, 0) is 0 Å². The smallest absolute Gasteiger partial charge is 0.270 e. The van der Waals surface area contributed by atoms with Crippen molar-refractivity contribution in [3.63, 3.8) is 0 Å². The number of halogens is 2. The average molecular weight is 338 g/mol. The molecule has 0 bridgehead atoms. The average Bonchev–Trinajstić information content (AvgIpc) is 3.11. The molecular weight excluding hydrogens is 314 g/mol. The zero-order valence-electron chi connectivity index (χ0n) is 13.7. The van der Waals surface area contributed by atoms with E-state index < -0.39 is 6.93 Å². The molecule has 0 aromatic carbocycles. The van der Waals surface area contributed by atoms with Gasteiger partial charge in [0, 0.05) is 19.9 Å². The number of alkyl halides is 2. The van der Waals surface area contributed by atoms with Gasteiger partial charge in [-0.2, -0.15) is 0 Å². The van der Waals surface area contributed by atoms with E-state index in [1.54, 1.807) is 17.1 Å². The molecule has 24 heavy (non-hydrogen) atoms. The van der Waals surface area contributed by atoms with Gasteiger partial charge in [0.1, 0.15) is 17.8 Å². The number of imidazole rings is 1. The van der Waals surface area contributed by atoms with E-state index in [1.807, 2.05) is 25.3 Å². The Balaban J connectivity index is 0.000000730. The minimum atomic E-state index is -1.75. The first-order valence-corrected chi connectivity index (χ1v) is 8.04. The normalized spacial score (nSPS) is 14.6. The molecule has 0 saturated heterocycles. The number of nitrogens with zero attached hydrogens (tertiary/aromatic N) is 3. The number of carbonyl (C=O) groups excluding carboxylic acids is 1. The fraction of sp³-hybridized carbons (Fsp3) is 0.471. The summed E-state index contributed by atoms with van der Waals surface area (Å²) in [5.41, 5.74) is 1.40. The fourth-order valence-corrected chi connectivity index (χ4v) is 2.79. The molecule has 2 aromatic heterocycles. The molecule has 0 unspecified atom stereocenters. The van der Waals surface area contributed by atoms with Crippen LogP contribution < -0.4 is 5.32 Å². The summed E-state index contributed by atoms with van der Waals surface area (Å²) in [4.78, 5) is 21.0. The summed E-state index contributed by atoms with van der Waals surface area (Å²) in [6.45, 7) is 0.167. The summed E-state index contributed by atoms with van der Waals surface area (Å²) in [5.74, 6) is 0.647. The summed E-state index contributed by atoms with van der Waals surface area (Å²) < 4.78 is 21.1. The quantitative estimate of drug-likeness (QED) is 0.927. The third kappa shape index (κ3) is 4.84. The first-order valence-electron chi connectivity index (χ1n) is 8.04. The summed E-state index contributed by atoms with van der Waals surface area (Å²) in [7, 11) is 0. The Morgan fingerprint density at radius 2 is 2.04 bits per heavy atom. The lowest BCUT2D eigenvalue weighted by Crippen LogP contribution is -2.37. The van der Waals surface area contributed by atoms with E-state index in [0.717, 1.165) is 18.4 Å². The van der Waals surface area contributed by atoms with Crippen molar-refractivity contribution in [1.82, 2.24) is 19.9 Å². The second kappa shape index (κ2) is 9.10. The number of carbonyl (C=O) groups is 1.